The molecule has 158 valence electrons. The van der Waals surface area contributed by atoms with E-state index < -0.39 is 11.8 Å². The second-order valence-corrected chi connectivity index (χ2v) is 6.99. The highest BCUT2D eigenvalue weighted by atomic mass is 35.5. The van der Waals surface area contributed by atoms with E-state index in [0.29, 0.717) is 22.0 Å². The van der Waals surface area contributed by atoms with Crippen LogP contribution in [0.25, 0.3) is 0 Å². The lowest BCUT2D eigenvalue weighted by Crippen LogP contribution is -2.32. The molecule has 3 aromatic carbocycles. The van der Waals surface area contributed by atoms with Crippen molar-refractivity contribution < 1.29 is 14.3 Å². The van der Waals surface area contributed by atoms with E-state index in [2.05, 4.69) is 15.8 Å². The second-order valence-electron chi connectivity index (χ2n) is 6.58. The van der Waals surface area contributed by atoms with Crippen molar-refractivity contribution in [3.63, 3.8) is 0 Å². The number of anilines is 1. The third-order valence-electron chi connectivity index (χ3n) is 4.48. The Morgan fingerprint density at radius 1 is 0.935 bits per heavy atom. The van der Waals surface area contributed by atoms with Gasteiger partial charge < -0.3 is 10.1 Å². The van der Waals surface area contributed by atoms with Crippen molar-refractivity contribution in [1.29, 1.82) is 0 Å². The molecule has 2 N–H and O–H groups in total. The number of halogens is 1. The Bertz CT molecular complexity index is 1100. The molecular formula is C24H22ClN3O3. The molecule has 2 amide bonds. The number of nitrogens with one attached hydrogen (secondary N) is 2. The quantitative estimate of drug-likeness (QED) is 0.324. The third kappa shape index (κ3) is 6.17. The number of hydrazone groups is 1. The lowest BCUT2D eigenvalue weighted by molar-refractivity contribution is -0.136. The summed E-state index contributed by atoms with van der Waals surface area (Å²) in [4.78, 5) is 24.2. The van der Waals surface area contributed by atoms with Crippen molar-refractivity contribution in [2.24, 2.45) is 5.10 Å². The monoisotopic (exact) mass is 435 g/mol. The van der Waals surface area contributed by atoms with Gasteiger partial charge in [-0.25, -0.2) is 5.43 Å². The zero-order valence-corrected chi connectivity index (χ0v) is 17.7. The Kier molecular flexibility index (Phi) is 7.79. The Balaban J connectivity index is 1.60. The molecule has 31 heavy (non-hydrogen) atoms. The van der Waals surface area contributed by atoms with Crippen LogP contribution in [0.1, 0.15) is 23.6 Å². The first-order valence-electron chi connectivity index (χ1n) is 9.76. The smallest absolute Gasteiger partial charge is 0.329 e. The van der Waals surface area contributed by atoms with Crippen molar-refractivity contribution in [1.82, 2.24) is 5.43 Å². The van der Waals surface area contributed by atoms with E-state index >= 15 is 0 Å². The molecule has 0 aromatic heterocycles. The molecule has 0 radical (unpaired) electrons. The van der Waals surface area contributed by atoms with Gasteiger partial charge in [0.2, 0.25) is 0 Å². The van der Waals surface area contributed by atoms with Crippen LogP contribution in [-0.2, 0) is 22.6 Å². The topological polar surface area (TPSA) is 79.8 Å². The molecule has 0 aliphatic heterocycles. The van der Waals surface area contributed by atoms with Crippen molar-refractivity contribution in [3.8, 4) is 5.75 Å². The molecule has 3 aromatic rings. The van der Waals surface area contributed by atoms with Gasteiger partial charge in [-0.2, -0.15) is 5.10 Å². The number of para-hydroxylation sites is 2. The minimum atomic E-state index is -0.864. The zero-order valence-electron chi connectivity index (χ0n) is 17.0. The van der Waals surface area contributed by atoms with Crippen LogP contribution in [0.15, 0.2) is 77.9 Å². The number of amides is 2. The number of carbonyl (C=O) groups excluding carboxylic acids is 2. The first-order valence-corrected chi connectivity index (χ1v) is 10.1. The van der Waals surface area contributed by atoms with E-state index in [4.69, 9.17) is 16.3 Å². The number of ether oxygens (including phenoxy) is 1. The van der Waals surface area contributed by atoms with Crippen LogP contribution in [0.5, 0.6) is 5.75 Å². The van der Waals surface area contributed by atoms with Gasteiger partial charge in [-0.15, -0.1) is 0 Å². The zero-order chi connectivity index (χ0) is 22.1. The van der Waals surface area contributed by atoms with Gasteiger partial charge in [0.05, 0.1) is 6.21 Å². The molecule has 7 heteroatoms. The maximum atomic E-state index is 12.1. The van der Waals surface area contributed by atoms with Crippen molar-refractivity contribution in [3.05, 3.63) is 94.5 Å². The molecule has 0 spiro atoms. The predicted octanol–water partition coefficient (Wildman–Crippen LogP) is 4.57. The Labute approximate surface area is 185 Å². The van der Waals surface area contributed by atoms with Crippen LogP contribution in [0.4, 0.5) is 5.69 Å². The predicted molar refractivity (Wildman–Crippen MR) is 122 cm³/mol. The van der Waals surface area contributed by atoms with E-state index in [1.54, 1.807) is 30.3 Å². The second kappa shape index (κ2) is 10.9. The van der Waals surface area contributed by atoms with E-state index in [1.165, 1.54) is 6.21 Å². The van der Waals surface area contributed by atoms with Gasteiger partial charge in [0.15, 0.2) is 0 Å². The van der Waals surface area contributed by atoms with Crippen molar-refractivity contribution >= 4 is 35.3 Å². The molecule has 0 aliphatic rings. The van der Waals surface area contributed by atoms with Crippen molar-refractivity contribution in [2.75, 3.05) is 5.32 Å². The first kappa shape index (κ1) is 22.1. The summed E-state index contributed by atoms with van der Waals surface area (Å²) in [5, 5.41) is 7.11. The SMILES string of the molecule is CCc1ccccc1NC(=O)C(=O)N/N=C\c1ccccc1OCc1ccccc1Cl. The van der Waals surface area contributed by atoms with Gasteiger partial charge in [0.25, 0.3) is 0 Å². The highest BCUT2D eigenvalue weighted by molar-refractivity contribution is 6.39. The van der Waals surface area contributed by atoms with Crippen LogP contribution in [0.3, 0.4) is 0 Å². The van der Waals surface area contributed by atoms with E-state index in [9.17, 15) is 9.59 Å². The Morgan fingerprint density at radius 3 is 2.39 bits per heavy atom. The molecule has 0 atom stereocenters. The molecule has 0 bridgehead atoms. The normalized spacial score (nSPS) is 10.6. The van der Waals surface area contributed by atoms with E-state index in [1.807, 2.05) is 49.4 Å². The van der Waals surface area contributed by atoms with Gasteiger partial charge in [0, 0.05) is 21.8 Å². The largest absolute Gasteiger partial charge is 0.488 e. The maximum Gasteiger partial charge on any atom is 0.329 e. The Morgan fingerprint density at radius 2 is 1.61 bits per heavy atom. The fraction of sp³-hybridized carbons (Fsp3) is 0.125. The summed E-state index contributed by atoms with van der Waals surface area (Å²) in [7, 11) is 0. The lowest BCUT2D eigenvalue weighted by atomic mass is 10.1. The van der Waals surface area contributed by atoms with E-state index in [-0.39, 0.29) is 6.61 Å². The highest BCUT2D eigenvalue weighted by Gasteiger charge is 2.14. The average Bonchev–Trinajstić information content (AvgIpc) is 2.79. The molecule has 6 nitrogen and oxygen atoms in total. The molecule has 0 fully saturated rings. The maximum absolute atomic E-state index is 12.1. The van der Waals surface area contributed by atoms with Gasteiger partial charge in [-0.3, -0.25) is 9.59 Å². The number of benzene rings is 3. The molecule has 0 saturated carbocycles. The summed E-state index contributed by atoms with van der Waals surface area (Å²) in [5.41, 5.74) is 5.29. The highest BCUT2D eigenvalue weighted by Crippen LogP contribution is 2.21. The minimum absolute atomic E-state index is 0.288. The number of carbonyl (C=O) groups is 2. The Hall–Kier alpha value is -3.64. The fourth-order valence-electron chi connectivity index (χ4n) is 2.83. The molecule has 0 heterocycles. The van der Waals surface area contributed by atoms with Crippen LogP contribution in [-0.4, -0.2) is 18.0 Å². The molecule has 0 aliphatic carbocycles. The lowest BCUT2D eigenvalue weighted by Gasteiger charge is -2.10. The summed E-state index contributed by atoms with van der Waals surface area (Å²) in [6, 6.07) is 22.0. The van der Waals surface area contributed by atoms with Gasteiger partial charge >= 0.3 is 11.8 Å². The van der Waals surface area contributed by atoms with E-state index in [0.717, 1.165) is 17.5 Å². The third-order valence-corrected chi connectivity index (χ3v) is 4.85. The molecule has 3 rings (SSSR count). The van der Waals surface area contributed by atoms with Gasteiger partial charge in [0.1, 0.15) is 12.4 Å². The number of aryl methyl sites for hydroxylation is 1. The standard InChI is InChI=1S/C24H22ClN3O3/c1-2-17-9-4-7-13-21(17)27-23(29)24(30)28-26-15-18-10-5-8-14-22(18)31-16-19-11-3-6-12-20(19)25/h3-15H,2,16H2,1H3,(H,27,29)(H,28,30)/b26-15-. The van der Waals surface area contributed by atoms with Crippen molar-refractivity contribution in [2.45, 2.75) is 20.0 Å². The van der Waals surface area contributed by atoms with Crippen LogP contribution < -0.4 is 15.5 Å². The van der Waals surface area contributed by atoms with Crippen LogP contribution in [0, 0.1) is 0 Å². The summed E-state index contributed by atoms with van der Waals surface area (Å²) in [6.07, 6.45) is 2.16. The molecular weight excluding hydrogens is 414 g/mol. The summed E-state index contributed by atoms with van der Waals surface area (Å²) in [6.45, 7) is 2.26. The average molecular weight is 436 g/mol. The number of rotatable bonds is 7. The number of hydrogen-bond acceptors (Lipinski definition) is 4. The summed E-state index contributed by atoms with van der Waals surface area (Å²) < 4.78 is 5.85. The van der Waals surface area contributed by atoms with Gasteiger partial charge in [-0.1, -0.05) is 67.1 Å². The first-order chi connectivity index (χ1) is 15.1. The van der Waals surface area contributed by atoms with Gasteiger partial charge in [-0.05, 0) is 36.2 Å². The molecule has 0 unspecified atom stereocenters. The fourth-order valence-corrected chi connectivity index (χ4v) is 3.02. The molecule has 0 saturated heterocycles. The minimum Gasteiger partial charge on any atom is -0.488 e. The summed E-state index contributed by atoms with van der Waals surface area (Å²) in [5.74, 6) is -1.08. The number of hydrogen-bond donors (Lipinski definition) is 2. The summed E-state index contributed by atoms with van der Waals surface area (Å²) >= 11 is 6.16. The number of nitrogens with zero attached hydrogens (tertiary/aromatic N) is 1. The van der Waals surface area contributed by atoms with Crippen LogP contribution in [0.2, 0.25) is 5.02 Å². The van der Waals surface area contributed by atoms with Crippen LogP contribution >= 0.6 is 11.6 Å².